The molecule has 1 heterocycles. The van der Waals surface area contributed by atoms with Crippen LogP contribution >= 0.6 is 0 Å². The maximum absolute atomic E-state index is 11.9. The number of carbonyl (C=O) groups excluding carboxylic acids is 1. The highest BCUT2D eigenvalue weighted by Gasteiger charge is 2.10. The van der Waals surface area contributed by atoms with Crippen molar-refractivity contribution in [3.8, 4) is 0 Å². The summed E-state index contributed by atoms with van der Waals surface area (Å²) in [5.74, 6) is 0.157. The third-order valence-electron chi connectivity index (χ3n) is 3.79. The first kappa shape index (κ1) is 18.2. The van der Waals surface area contributed by atoms with Gasteiger partial charge in [0.1, 0.15) is 0 Å². The van der Waals surface area contributed by atoms with Crippen LogP contribution in [-0.2, 0) is 4.79 Å². The second kappa shape index (κ2) is 12.8. The van der Waals surface area contributed by atoms with Gasteiger partial charge in [-0.1, -0.05) is 31.9 Å². The number of amides is 1. The molecule has 1 amide bonds. The Morgan fingerprint density at radius 3 is 2.76 bits per heavy atom. The van der Waals surface area contributed by atoms with Gasteiger partial charge in [-0.2, -0.15) is 0 Å². The van der Waals surface area contributed by atoms with Gasteiger partial charge in [0.25, 0.3) is 0 Å². The van der Waals surface area contributed by atoms with Crippen LogP contribution in [0.4, 0.5) is 0 Å². The third kappa shape index (κ3) is 10.5. The smallest absolute Gasteiger partial charge is 0.221 e. The van der Waals surface area contributed by atoms with Gasteiger partial charge in [-0.3, -0.25) is 4.79 Å². The largest absolute Gasteiger partial charge is 0.356 e. The Hall–Kier alpha value is -0.870. The van der Waals surface area contributed by atoms with E-state index in [4.69, 9.17) is 0 Å². The average Bonchev–Trinajstić information content (AvgIpc) is 2.49. The summed E-state index contributed by atoms with van der Waals surface area (Å²) in [7, 11) is 0. The highest BCUT2D eigenvalue weighted by Crippen LogP contribution is 2.03. The Balaban J connectivity index is 2.37. The summed E-state index contributed by atoms with van der Waals surface area (Å²) < 4.78 is 0. The number of unbranched alkanes of at least 4 members (excludes halogenated alkanes) is 3. The maximum atomic E-state index is 11.9. The molecule has 122 valence electrons. The van der Waals surface area contributed by atoms with Gasteiger partial charge < -0.3 is 16.0 Å². The van der Waals surface area contributed by atoms with Gasteiger partial charge in [0, 0.05) is 19.0 Å². The highest BCUT2D eigenvalue weighted by molar-refractivity contribution is 5.76. The van der Waals surface area contributed by atoms with E-state index >= 15 is 0 Å². The lowest BCUT2D eigenvalue weighted by Crippen LogP contribution is -2.35. The van der Waals surface area contributed by atoms with Crippen LogP contribution in [0.25, 0.3) is 0 Å². The molecule has 0 aromatic carbocycles. The zero-order valence-electron chi connectivity index (χ0n) is 13.6. The van der Waals surface area contributed by atoms with Gasteiger partial charge in [0.2, 0.25) is 5.91 Å². The number of hydrogen-bond acceptors (Lipinski definition) is 3. The second-order valence-corrected chi connectivity index (χ2v) is 5.85. The molecule has 21 heavy (non-hydrogen) atoms. The molecular formula is C17H33N3O. The van der Waals surface area contributed by atoms with E-state index in [1.807, 2.05) is 0 Å². The number of carbonyl (C=O) groups is 1. The zero-order chi connectivity index (χ0) is 15.2. The predicted molar refractivity (Wildman–Crippen MR) is 89.4 cm³/mol. The molecule has 3 N–H and O–H groups in total. The normalized spacial score (nSPS) is 23.1. The van der Waals surface area contributed by atoms with Crippen LogP contribution in [-0.4, -0.2) is 38.1 Å². The first-order valence-electron chi connectivity index (χ1n) is 8.70. The van der Waals surface area contributed by atoms with Crippen molar-refractivity contribution in [1.29, 1.82) is 0 Å². The van der Waals surface area contributed by atoms with E-state index < -0.39 is 0 Å². The van der Waals surface area contributed by atoms with Crippen LogP contribution in [0.15, 0.2) is 12.2 Å². The van der Waals surface area contributed by atoms with E-state index in [9.17, 15) is 4.79 Å². The lowest BCUT2D eigenvalue weighted by Gasteiger charge is -2.14. The first-order valence-corrected chi connectivity index (χ1v) is 8.70. The van der Waals surface area contributed by atoms with E-state index in [1.165, 1.54) is 25.7 Å². The number of allylic oxidation sites excluding steroid dienone is 1. The minimum absolute atomic E-state index is 0.157. The Morgan fingerprint density at radius 1 is 1.10 bits per heavy atom. The molecule has 1 atom stereocenters. The van der Waals surface area contributed by atoms with Crippen LogP contribution < -0.4 is 16.0 Å². The summed E-state index contributed by atoms with van der Waals surface area (Å²) in [4.78, 5) is 11.9. The first-order chi connectivity index (χ1) is 10.3. The molecule has 4 heteroatoms. The molecule has 1 aliphatic rings. The average molecular weight is 295 g/mol. The fraction of sp³-hybridized carbons (Fsp3) is 0.824. The maximum Gasteiger partial charge on any atom is 0.221 e. The van der Waals surface area contributed by atoms with Crippen LogP contribution in [0.2, 0.25) is 0 Å². The lowest BCUT2D eigenvalue weighted by molar-refractivity contribution is -0.121. The van der Waals surface area contributed by atoms with Crippen LogP contribution in [0.5, 0.6) is 0 Å². The monoisotopic (exact) mass is 295 g/mol. The van der Waals surface area contributed by atoms with Crippen molar-refractivity contribution in [1.82, 2.24) is 16.0 Å². The van der Waals surface area contributed by atoms with Crippen molar-refractivity contribution in [2.75, 3.05) is 26.2 Å². The molecule has 0 spiro atoms. The molecular weight excluding hydrogens is 262 g/mol. The molecule has 0 aromatic rings. The quantitative estimate of drug-likeness (QED) is 0.539. The third-order valence-corrected chi connectivity index (χ3v) is 3.79. The van der Waals surface area contributed by atoms with Gasteiger partial charge in [0.05, 0.1) is 0 Å². The summed E-state index contributed by atoms with van der Waals surface area (Å²) in [6.07, 6.45) is 13.3. The summed E-state index contributed by atoms with van der Waals surface area (Å²) in [6, 6.07) is 0.181. The van der Waals surface area contributed by atoms with Crippen molar-refractivity contribution in [3.63, 3.8) is 0 Å². The molecule has 1 unspecified atom stereocenters. The molecule has 1 aliphatic heterocycles. The number of rotatable bonds is 5. The minimum atomic E-state index is 0.157. The molecule has 1 saturated heterocycles. The molecule has 0 bridgehead atoms. The highest BCUT2D eigenvalue weighted by atomic mass is 16.1. The van der Waals surface area contributed by atoms with Gasteiger partial charge in [-0.05, 0) is 51.7 Å². The van der Waals surface area contributed by atoms with Crippen molar-refractivity contribution in [2.24, 2.45) is 0 Å². The number of nitrogens with one attached hydrogen (secondary N) is 3. The van der Waals surface area contributed by atoms with Gasteiger partial charge in [-0.15, -0.1) is 0 Å². The van der Waals surface area contributed by atoms with Crippen LogP contribution in [0.1, 0.15) is 58.3 Å². The van der Waals surface area contributed by atoms with E-state index in [2.05, 4.69) is 35.0 Å². The molecule has 0 aliphatic carbocycles. The standard InChI is InChI=1S/C17H33N3O/c1-2-3-4-5-6-10-16-15-17(21)20-14-9-12-18-11-7-8-13-19-16/h6,10,16,18-19H,2-5,7-9,11-15H2,1H3,(H,20,21). The SMILES string of the molecule is CCCCCC=CC1CC(=O)NCCCNCCCCN1. The van der Waals surface area contributed by atoms with Gasteiger partial charge in [0.15, 0.2) is 0 Å². The molecule has 0 saturated carbocycles. The molecule has 4 nitrogen and oxygen atoms in total. The summed E-state index contributed by atoms with van der Waals surface area (Å²) >= 11 is 0. The number of hydrogen-bond donors (Lipinski definition) is 3. The van der Waals surface area contributed by atoms with Crippen molar-refractivity contribution in [2.45, 2.75) is 64.3 Å². The Kier molecular flexibility index (Phi) is 11.1. The van der Waals surface area contributed by atoms with Crippen LogP contribution in [0.3, 0.4) is 0 Å². The molecule has 0 aromatic heterocycles. The van der Waals surface area contributed by atoms with Crippen LogP contribution in [0, 0.1) is 0 Å². The Bertz CT molecular complexity index is 292. The topological polar surface area (TPSA) is 53.2 Å². The van der Waals surface area contributed by atoms with Gasteiger partial charge in [-0.25, -0.2) is 0 Å². The lowest BCUT2D eigenvalue weighted by atomic mass is 10.1. The van der Waals surface area contributed by atoms with Crippen molar-refractivity contribution in [3.05, 3.63) is 12.2 Å². The minimum Gasteiger partial charge on any atom is -0.356 e. The zero-order valence-corrected chi connectivity index (χ0v) is 13.6. The Morgan fingerprint density at radius 2 is 1.90 bits per heavy atom. The van der Waals surface area contributed by atoms with E-state index in [0.717, 1.165) is 45.4 Å². The summed E-state index contributed by atoms with van der Waals surface area (Å²) in [5, 5.41) is 9.92. The predicted octanol–water partition coefficient (Wildman–Crippen LogP) is 2.36. The summed E-state index contributed by atoms with van der Waals surface area (Å²) in [5.41, 5.74) is 0. The molecule has 1 fully saturated rings. The van der Waals surface area contributed by atoms with Gasteiger partial charge >= 0.3 is 0 Å². The second-order valence-electron chi connectivity index (χ2n) is 5.85. The van der Waals surface area contributed by atoms with E-state index in [1.54, 1.807) is 0 Å². The van der Waals surface area contributed by atoms with Crippen molar-refractivity contribution >= 4 is 5.91 Å². The fourth-order valence-corrected chi connectivity index (χ4v) is 2.48. The Labute approximate surface area is 130 Å². The van der Waals surface area contributed by atoms with E-state index in [-0.39, 0.29) is 11.9 Å². The fourth-order valence-electron chi connectivity index (χ4n) is 2.48. The van der Waals surface area contributed by atoms with Crippen molar-refractivity contribution < 1.29 is 4.79 Å². The molecule has 0 radical (unpaired) electrons. The summed E-state index contributed by atoms with van der Waals surface area (Å²) in [6.45, 7) is 6.05. The van der Waals surface area contributed by atoms with E-state index in [0.29, 0.717) is 6.42 Å². The molecule has 1 rings (SSSR count).